The average molecular weight is 324 g/mol. The van der Waals surface area contributed by atoms with E-state index in [1.807, 2.05) is 6.07 Å². The fraction of sp³-hybridized carbons (Fsp3) is 0.167. The molecule has 0 fully saturated rings. The van der Waals surface area contributed by atoms with Crippen LogP contribution >= 0.6 is 0 Å². The first-order valence-electron chi connectivity index (χ1n) is 7.55. The summed E-state index contributed by atoms with van der Waals surface area (Å²) in [5, 5.41) is 3.10. The number of hydrogen-bond acceptors (Lipinski definition) is 4. The Labute approximate surface area is 138 Å². The molecule has 1 aromatic carbocycles. The minimum Gasteiger partial charge on any atom is -0.337 e. The maximum Gasteiger partial charge on any atom is 0.253 e. The topological polar surface area (TPSA) is 80.9 Å². The number of rotatable bonds is 3. The molecule has 0 bridgehead atoms. The van der Waals surface area contributed by atoms with Gasteiger partial charge in [-0.3, -0.25) is 14.8 Å². The Hall–Kier alpha value is -2.86. The average Bonchev–Trinajstić information content (AvgIpc) is 2.54. The van der Waals surface area contributed by atoms with Crippen LogP contribution in [0.15, 0.2) is 42.6 Å². The first-order valence-corrected chi connectivity index (χ1v) is 7.55. The van der Waals surface area contributed by atoms with E-state index in [4.69, 9.17) is 5.73 Å². The van der Waals surface area contributed by atoms with Crippen molar-refractivity contribution in [2.24, 2.45) is 5.73 Å². The van der Waals surface area contributed by atoms with E-state index in [1.54, 1.807) is 38.2 Å². The lowest BCUT2D eigenvalue weighted by Crippen LogP contribution is -2.39. The van der Waals surface area contributed by atoms with Gasteiger partial charge < -0.3 is 11.1 Å². The first kappa shape index (κ1) is 16.0. The van der Waals surface area contributed by atoms with Gasteiger partial charge in [-0.1, -0.05) is 6.07 Å². The normalized spacial score (nSPS) is 12.2. The van der Waals surface area contributed by atoms with Crippen molar-refractivity contribution in [3.63, 3.8) is 0 Å². The quantitative estimate of drug-likeness (QED) is 0.726. The van der Waals surface area contributed by atoms with E-state index in [1.165, 1.54) is 12.1 Å². The third-order valence-electron chi connectivity index (χ3n) is 3.63. The first-order chi connectivity index (χ1) is 11.5. The zero-order valence-corrected chi connectivity index (χ0v) is 13.4. The van der Waals surface area contributed by atoms with E-state index in [0.717, 1.165) is 0 Å². The molecule has 0 radical (unpaired) electrons. The summed E-state index contributed by atoms with van der Waals surface area (Å²) in [6.45, 7) is 3.46. The lowest BCUT2D eigenvalue weighted by atomic mass is 9.97. The second-order valence-electron chi connectivity index (χ2n) is 5.59. The Morgan fingerprint density at radius 2 is 2.08 bits per heavy atom. The second-order valence-corrected chi connectivity index (χ2v) is 5.59. The molecule has 3 aromatic rings. The number of aryl methyl sites for hydroxylation is 1. The third kappa shape index (κ3) is 2.96. The van der Waals surface area contributed by atoms with Crippen molar-refractivity contribution >= 4 is 16.8 Å². The number of aromatic nitrogens is 2. The summed E-state index contributed by atoms with van der Waals surface area (Å²) in [5.74, 6) is -0.818. The van der Waals surface area contributed by atoms with Gasteiger partial charge in [-0.25, -0.2) is 4.39 Å². The van der Waals surface area contributed by atoms with Crippen LogP contribution in [-0.4, -0.2) is 22.0 Å². The second kappa shape index (κ2) is 6.33. The van der Waals surface area contributed by atoms with Crippen LogP contribution in [0.1, 0.15) is 23.0 Å². The molecule has 1 atom stereocenters. The number of nitrogens with zero attached hydrogens (tertiary/aromatic N) is 2. The fourth-order valence-electron chi connectivity index (χ4n) is 2.70. The molecule has 0 spiro atoms. The molecule has 122 valence electrons. The third-order valence-corrected chi connectivity index (χ3v) is 3.63. The molecule has 3 rings (SSSR count). The molecule has 0 saturated heterocycles. The van der Waals surface area contributed by atoms with Gasteiger partial charge in [0.1, 0.15) is 5.82 Å². The van der Waals surface area contributed by atoms with Crippen molar-refractivity contribution in [1.82, 2.24) is 15.3 Å². The van der Waals surface area contributed by atoms with Gasteiger partial charge in [0.25, 0.3) is 5.91 Å². The molecule has 2 heterocycles. The SMILES string of the molecule is Cc1nc2ccc(F)cc2c(C(=O)NC(C)N)c1-c1ccccn1. The minimum absolute atomic E-state index is 0.327. The van der Waals surface area contributed by atoms with Crippen LogP contribution < -0.4 is 11.1 Å². The summed E-state index contributed by atoms with van der Waals surface area (Å²) in [4.78, 5) is 21.6. The molecular weight excluding hydrogens is 307 g/mol. The summed E-state index contributed by atoms with van der Waals surface area (Å²) >= 11 is 0. The number of carbonyl (C=O) groups excluding carboxylic acids is 1. The van der Waals surface area contributed by atoms with E-state index >= 15 is 0 Å². The molecule has 2 aromatic heterocycles. The Bertz CT molecular complexity index is 910. The lowest BCUT2D eigenvalue weighted by molar-refractivity contribution is 0.0943. The molecule has 24 heavy (non-hydrogen) atoms. The van der Waals surface area contributed by atoms with Crippen molar-refractivity contribution in [2.45, 2.75) is 20.0 Å². The monoisotopic (exact) mass is 324 g/mol. The number of halogens is 1. The number of nitrogens with two attached hydrogens (primary N) is 1. The number of amides is 1. The smallest absolute Gasteiger partial charge is 0.253 e. The summed E-state index contributed by atoms with van der Waals surface area (Å²) in [5.41, 5.74) is 8.38. The summed E-state index contributed by atoms with van der Waals surface area (Å²) < 4.78 is 13.8. The summed E-state index contributed by atoms with van der Waals surface area (Å²) in [6.07, 6.45) is 1.10. The molecule has 0 saturated carbocycles. The van der Waals surface area contributed by atoms with Gasteiger partial charge in [-0.15, -0.1) is 0 Å². The highest BCUT2D eigenvalue weighted by Gasteiger charge is 2.22. The maximum absolute atomic E-state index is 13.8. The highest BCUT2D eigenvalue weighted by atomic mass is 19.1. The lowest BCUT2D eigenvalue weighted by Gasteiger charge is -2.16. The Morgan fingerprint density at radius 1 is 1.29 bits per heavy atom. The van der Waals surface area contributed by atoms with Gasteiger partial charge in [0.15, 0.2) is 0 Å². The molecule has 5 nitrogen and oxygen atoms in total. The predicted molar refractivity (Wildman–Crippen MR) is 90.8 cm³/mol. The van der Waals surface area contributed by atoms with Crippen LogP contribution in [0.2, 0.25) is 0 Å². The molecule has 1 amide bonds. The zero-order chi connectivity index (χ0) is 17.3. The van der Waals surface area contributed by atoms with E-state index in [2.05, 4.69) is 15.3 Å². The molecular formula is C18H17FN4O. The van der Waals surface area contributed by atoms with Crippen molar-refractivity contribution in [3.05, 3.63) is 59.7 Å². The number of nitrogens with one attached hydrogen (secondary N) is 1. The van der Waals surface area contributed by atoms with Crippen LogP contribution in [0, 0.1) is 12.7 Å². The predicted octanol–water partition coefficient (Wildman–Crippen LogP) is 2.78. The van der Waals surface area contributed by atoms with Crippen LogP contribution in [-0.2, 0) is 0 Å². The number of fused-ring (bicyclic) bond motifs is 1. The van der Waals surface area contributed by atoms with Gasteiger partial charge in [-0.05, 0) is 44.2 Å². The minimum atomic E-state index is -0.536. The molecule has 0 aliphatic heterocycles. The van der Waals surface area contributed by atoms with Crippen LogP contribution in [0.3, 0.4) is 0 Å². The van der Waals surface area contributed by atoms with Crippen molar-refractivity contribution < 1.29 is 9.18 Å². The standard InChI is InChI=1S/C18H17FN4O/c1-10-16(15-5-3-4-8-21-15)17(18(24)23-11(2)20)13-9-12(19)6-7-14(13)22-10/h3-9,11H,20H2,1-2H3,(H,23,24). The Balaban J connectivity index is 2.37. The highest BCUT2D eigenvalue weighted by Crippen LogP contribution is 2.31. The molecule has 1 unspecified atom stereocenters. The van der Waals surface area contributed by atoms with Crippen LogP contribution in [0.25, 0.3) is 22.2 Å². The molecule has 0 aliphatic carbocycles. The van der Waals surface area contributed by atoms with Crippen LogP contribution in [0.4, 0.5) is 4.39 Å². The number of benzene rings is 1. The molecule has 3 N–H and O–H groups in total. The van der Waals surface area contributed by atoms with Gasteiger partial charge in [0, 0.05) is 22.8 Å². The highest BCUT2D eigenvalue weighted by molar-refractivity contribution is 6.11. The van der Waals surface area contributed by atoms with Crippen molar-refractivity contribution in [3.8, 4) is 11.3 Å². The summed E-state index contributed by atoms with van der Waals surface area (Å²) in [7, 11) is 0. The maximum atomic E-state index is 13.8. The largest absolute Gasteiger partial charge is 0.337 e. The van der Waals surface area contributed by atoms with E-state index in [-0.39, 0.29) is 5.91 Å². The Kier molecular flexibility index (Phi) is 4.22. The van der Waals surface area contributed by atoms with Gasteiger partial charge >= 0.3 is 0 Å². The van der Waals surface area contributed by atoms with Crippen molar-refractivity contribution in [1.29, 1.82) is 0 Å². The van der Waals surface area contributed by atoms with Gasteiger partial charge in [-0.2, -0.15) is 0 Å². The number of carbonyl (C=O) groups is 1. The van der Waals surface area contributed by atoms with Gasteiger partial charge in [0.2, 0.25) is 0 Å². The zero-order valence-electron chi connectivity index (χ0n) is 13.4. The van der Waals surface area contributed by atoms with E-state index in [0.29, 0.717) is 33.4 Å². The van der Waals surface area contributed by atoms with Gasteiger partial charge in [0.05, 0.1) is 22.9 Å². The van der Waals surface area contributed by atoms with Crippen LogP contribution in [0.5, 0.6) is 0 Å². The summed E-state index contributed by atoms with van der Waals surface area (Å²) in [6, 6.07) is 9.59. The number of pyridine rings is 2. The van der Waals surface area contributed by atoms with E-state index < -0.39 is 12.0 Å². The molecule has 6 heteroatoms. The Morgan fingerprint density at radius 3 is 2.75 bits per heavy atom. The fourth-order valence-corrected chi connectivity index (χ4v) is 2.70. The van der Waals surface area contributed by atoms with E-state index in [9.17, 15) is 9.18 Å². The van der Waals surface area contributed by atoms with Crippen molar-refractivity contribution in [2.75, 3.05) is 0 Å². The number of hydrogen-bond donors (Lipinski definition) is 2. The molecule has 0 aliphatic rings.